The molecule has 0 spiro atoms. The minimum absolute atomic E-state index is 0.0893. The van der Waals surface area contributed by atoms with Crippen LogP contribution in [0.5, 0.6) is 11.5 Å². The van der Waals surface area contributed by atoms with E-state index < -0.39 is 6.10 Å². The number of hydrogen-bond acceptors (Lipinski definition) is 5. The molecule has 186 valence electrons. The molecule has 0 saturated carbocycles. The fourth-order valence-corrected chi connectivity index (χ4v) is 4.37. The molecular weight excluding hydrogens is 452 g/mol. The van der Waals surface area contributed by atoms with Gasteiger partial charge in [-0.3, -0.25) is 0 Å². The lowest BCUT2D eigenvalue weighted by atomic mass is 9.96. The number of ether oxygens (including phenoxy) is 4. The van der Waals surface area contributed by atoms with E-state index >= 15 is 0 Å². The summed E-state index contributed by atoms with van der Waals surface area (Å²) in [6.07, 6.45) is 0.317. The minimum atomic E-state index is -0.423. The number of nitrogens with zero attached hydrogens (tertiary/aromatic N) is 1. The van der Waals surface area contributed by atoms with Crippen LogP contribution in [0.3, 0.4) is 0 Å². The Bertz CT molecular complexity index is 1060. The van der Waals surface area contributed by atoms with Gasteiger partial charge >= 0.3 is 0 Å². The predicted molar refractivity (Wildman–Crippen MR) is 130 cm³/mol. The van der Waals surface area contributed by atoms with Crippen LogP contribution in [0.4, 0.5) is 8.78 Å². The molecule has 0 aromatic heterocycles. The lowest BCUT2D eigenvalue weighted by Gasteiger charge is -2.30. The predicted octanol–water partition coefficient (Wildman–Crippen LogP) is 5.33. The molecule has 35 heavy (non-hydrogen) atoms. The molecular formula is C28H31F2NO4. The number of fused-ring (bicyclic) bond motifs is 1. The van der Waals surface area contributed by atoms with Gasteiger partial charge in [0.15, 0.2) is 11.5 Å². The van der Waals surface area contributed by atoms with Crippen LogP contribution < -0.4 is 9.47 Å². The van der Waals surface area contributed by atoms with E-state index in [1.54, 1.807) is 38.5 Å². The first-order chi connectivity index (χ1) is 17.0. The van der Waals surface area contributed by atoms with Gasteiger partial charge in [-0.1, -0.05) is 24.3 Å². The maximum Gasteiger partial charge on any atom is 0.161 e. The van der Waals surface area contributed by atoms with Crippen molar-refractivity contribution in [3.63, 3.8) is 0 Å². The van der Waals surface area contributed by atoms with Crippen LogP contribution in [0.2, 0.25) is 0 Å². The Labute approximate surface area is 205 Å². The monoisotopic (exact) mass is 483 g/mol. The van der Waals surface area contributed by atoms with E-state index in [2.05, 4.69) is 4.90 Å². The van der Waals surface area contributed by atoms with Crippen LogP contribution in [0.15, 0.2) is 60.7 Å². The van der Waals surface area contributed by atoms with Crippen LogP contribution in [0, 0.1) is 11.6 Å². The molecule has 0 bridgehead atoms. The van der Waals surface area contributed by atoms with E-state index in [4.69, 9.17) is 18.9 Å². The van der Waals surface area contributed by atoms with Gasteiger partial charge in [0.1, 0.15) is 17.7 Å². The molecule has 3 aromatic rings. The normalized spacial score (nSPS) is 15.3. The zero-order chi connectivity index (χ0) is 24.8. The third-order valence-corrected chi connectivity index (χ3v) is 6.26. The first-order valence-electron chi connectivity index (χ1n) is 11.7. The van der Waals surface area contributed by atoms with Gasteiger partial charge in [0, 0.05) is 13.1 Å². The molecule has 1 heterocycles. The standard InChI is InChI=1S/C28H31F2NO4/c1-31(18-27-24-17-26(33-3)25(32-2)16-21(24)12-14-34-27)13-15-35-28(19-4-8-22(29)9-5-19)20-6-10-23(30)11-7-20/h4-11,16-17,27-28H,12-15,18H2,1-3H3. The lowest BCUT2D eigenvalue weighted by Crippen LogP contribution is -2.32. The van der Waals surface area contributed by atoms with E-state index in [1.165, 1.54) is 29.8 Å². The number of halogens is 2. The highest BCUT2D eigenvalue weighted by Crippen LogP contribution is 2.37. The van der Waals surface area contributed by atoms with Crippen molar-refractivity contribution in [2.75, 3.05) is 47.6 Å². The highest BCUT2D eigenvalue weighted by Gasteiger charge is 2.25. The Balaban J connectivity index is 1.41. The third kappa shape index (κ3) is 6.17. The van der Waals surface area contributed by atoms with Gasteiger partial charge in [0.25, 0.3) is 0 Å². The van der Waals surface area contributed by atoms with Crippen molar-refractivity contribution in [3.8, 4) is 11.5 Å². The number of rotatable bonds is 10. The van der Waals surface area contributed by atoms with Crippen LogP contribution in [-0.2, 0) is 15.9 Å². The van der Waals surface area contributed by atoms with Gasteiger partial charge in [0.05, 0.1) is 33.5 Å². The number of hydrogen-bond donors (Lipinski definition) is 0. The van der Waals surface area contributed by atoms with Crippen molar-refractivity contribution < 1.29 is 27.7 Å². The highest BCUT2D eigenvalue weighted by atomic mass is 19.1. The van der Waals surface area contributed by atoms with E-state index in [-0.39, 0.29) is 17.7 Å². The van der Waals surface area contributed by atoms with Crippen molar-refractivity contribution in [2.24, 2.45) is 0 Å². The first-order valence-corrected chi connectivity index (χ1v) is 11.7. The molecule has 0 aliphatic carbocycles. The van der Waals surface area contributed by atoms with Crippen molar-refractivity contribution in [1.82, 2.24) is 4.90 Å². The maximum atomic E-state index is 13.5. The quantitative estimate of drug-likeness (QED) is 0.390. The number of benzene rings is 3. The Kier molecular flexibility index (Phi) is 8.33. The Morgan fingerprint density at radius 2 is 1.49 bits per heavy atom. The summed E-state index contributed by atoms with van der Waals surface area (Å²) in [6.45, 7) is 2.42. The fourth-order valence-electron chi connectivity index (χ4n) is 4.37. The Morgan fingerprint density at radius 3 is 2.06 bits per heavy atom. The number of likely N-dealkylation sites (N-methyl/N-ethyl adjacent to an activating group) is 1. The zero-order valence-electron chi connectivity index (χ0n) is 20.3. The highest BCUT2D eigenvalue weighted by molar-refractivity contribution is 5.49. The molecule has 0 radical (unpaired) electrons. The van der Waals surface area contributed by atoms with Crippen LogP contribution >= 0.6 is 0 Å². The van der Waals surface area contributed by atoms with Crippen molar-refractivity contribution in [1.29, 1.82) is 0 Å². The molecule has 0 fully saturated rings. The van der Waals surface area contributed by atoms with E-state index in [0.717, 1.165) is 28.9 Å². The summed E-state index contributed by atoms with van der Waals surface area (Å²) in [5, 5.41) is 0. The third-order valence-electron chi connectivity index (χ3n) is 6.26. The summed E-state index contributed by atoms with van der Waals surface area (Å²) in [6, 6.07) is 16.4. The SMILES string of the molecule is COc1cc2c(cc1OC)C(CN(C)CCOC(c1ccc(F)cc1)c1ccc(F)cc1)OCC2. The fraction of sp³-hybridized carbons (Fsp3) is 0.357. The molecule has 0 saturated heterocycles. The molecule has 5 nitrogen and oxygen atoms in total. The lowest BCUT2D eigenvalue weighted by molar-refractivity contribution is 0.00951. The molecule has 7 heteroatoms. The summed E-state index contributed by atoms with van der Waals surface area (Å²) in [5.41, 5.74) is 3.94. The van der Waals surface area contributed by atoms with Crippen LogP contribution in [-0.4, -0.2) is 52.5 Å². The molecule has 1 aliphatic heterocycles. The second-order valence-corrected chi connectivity index (χ2v) is 8.63. The van der Waals surface area contributed by atoms with E-state index in [1.807, 2.05) is 19.2 Å². The molecule has 4 rings (SSSR count). The average molecular weight is 484 g/mol. The van der Waals surface area contributed by atoms with E-state index in [0.29, 0.717) is 32.1 Å². The molecule has 3 aromatic carbocycles. The van der Waals surface area contributed by atoms with Gasteiger partial charge in [-0.05, 0) is 72.1 Å². The zero-order valence-corrected chi connectivity index (χ0v) is 20.3. The molecule has 1 atom stereocenters. The van der Waals surface area contributed by atoms with Crippen LogP contribution in [0.1, 0.15) is 34.5 Å². The second-order valence-electron chi connectivity index (χ2n) is 8.63. The topological polar surface area (TPSA) is 40.2 Å². The summed E-state index contributed by atoms with van der Waals surface area (Å²) < 4.78 is 50.2. The summed E-state index contributed by atoms with van der Waals surface area (Å²) in [5.74, 6) is 0.789. The van der Waals surface area contributed by atoms with Gasteiger partial charge in [-0.2, -0.15) is 0 Å². The first kappa shape index (κ1) is 25.1. The van der Waals surface area contributed by atoms with Gasteiger partial charge < -0.3 is 23.8 Å². The molecule has 0 N–H and O–H groups in total. The number of methoxy groups -OCH3 is 2. The van der Waals surface area contributed by atoms with Gasteiger partial charge in [-0.15, -0.1) is 0 Å². The van der Waals surface area contributed by atoms with Crippen molar-refractivity contribution in [2.45, 2.75) is 18.6 Å². The largest absolute Gasteiger partial charge is 0.493 e. The Hall–Kier alpha value is -3.00. The van der Waals surface area contributed by atoms with Gasteiger partial charge in [0.2, 0.25) is 0 Å². The summed E-state index contributed by atoms with van der Waals surface area (Å²) in [7, 11) is 5.29. The average Bonchev–Trinajstić information content (AvgIpc) is 2.87. The molecule has 1 unspecified atom stereocenters. The van der Waals surface area contributed by atoms with Crippen LogP contribution in [0.25, 0.3) is 0 Å². The summed E-state index contributed by atoms with van der Waals surface area (Å²) >= 11 is 0. The maximum absolute atomic E-state index is 13.5. The summed E-state index contributed by atoms with van der Waals surface area (Å²) in [4.78, 5) is 2.16. The smallest absolute Gasteiger partial charge is 0.161 e. The van der Waals surface area contributed by atoms with Gasteiger partial charge in [-0.25, -0.2) is 8.78 Å². The van der Waals surface area contributed by atoms with E-state index in [9.17, 15) is 8.78 Å². The minimum Gasteiger partial charge on any atom is -0.493 e. The van der Waals surface area contributed by atoms with Crippen molar-refractivity contribution >= 4 is 0 Å². The second kappa shape index (κ2) is 11.6. The molecule has 1 aliphatic rings. The molecule has 0 amide bonds. The Morgan fingerprint density at radius 1 is 0.914 bits per heavy atom. The van der Waals surface area contributed by atoms with Crippen molar-refractivity contribution in [3.05, 3.63) is 94.6 Å².